The van der Waals surface area contributed by atoms with E-state index >= 15 is 0 Å². The fraction of sp³-hybridized carbons (Fsp3) is 0.346. The lowest BCUT2D eigenvalue weighted by atomic mass is 9.76. The van der Waals surface area contributed by atoms with Crippen molar-refractivity contribution < 1.29 is 45.7 Å². The number of ether oxygens (including phenoxy) is 3. The molecule has 0 aliphatic rings. The number of phenolic OH excluding ortho intramolecular Hbond substituents is 1. The maximum atomic E-state index is 14.2. The molecule has 4 N–H and O–H groups in total. The summed E-state index contributed by atoms with van der Waals surface area (Å²) in [7, 11) is -8.13. The Morgan fingerprint density at radius 2 is 1.42 bits per heavy atom. The number of unbranched alkanes of at least 4 members (excludes halogenated alkanes) is 1. The molecule has 15 nitrogen and oxygen atoms in total. The number of azo groups is 1. The van der Waals surface area contributed by atoms with Gasteiger partial charge in [0.15, 0.2) is 0 Å². The number of anilines is 2. The minimum Gasteiger partial charge on any atom is -0.506 e. The molecule has 366 valence electrons. The summed E-state index contributed by atoms with van der Waals surface area (Å²) in [6, 6.07) is 26.4. The van der Waals surface area contributed by atoms with Crippen LogP contribution in [-0.4, -0.2) is 60.0 Å². The van der Waals surface area contributed by atoms with E-state index in [-0.39, 0.29) is 85.0 Å². The fourth-order valence-corrected chi connectivity index (χ4v) is 9.48. The van der Waals surface area contributed by atoms with E-state index in [9.17, 15) is 31.5 Å². The first-order valence-electron chi connectivity index (χ1n) is 22.8. The molecule has 0 aliphatic heterocycles. The molecule has 0 aromatic heterocycles. The van der Waals surface area contributed by atoms with Crippen LogP contribution < -0.4 is 24.2 Å². The zero-order valence-corrected chi connectivity index (χ0v) is 42.2. The number of sulfonamides is 2. The van der Waals surface area contributed by atoms with Crippen molar-refractivity contribution in [3.63, 3.8) is 0 Å². The molecule has 0 unspecified atom stereocenters. The normalized spacial score (nSPS) is 12.3. The van der Waals surface area contributed by atoms with Crippen LogP contribution >= 0.6 is 0 Å². The van der Waals surface area contributed by atoms with E-state index in [4.69, 9.17) is 14.2 Å². The van der Waals surface area contributed by atoms with Crippen LogP contribution in [0.1, 0.15) is 101 Å². The van der Waals surface area contributed by atoms with E-state index in [1.807, 2.05) is 0 Å². The maximum Gasteiger partial charge on any atom is 0.513 e. The highest BCUT2D eigenvalue weighted by molar-refractivity contribution is 7.92. The quantitative estimate of drug-likeness (QED) is 0.0187. The third-order valence-corrected chi connectivity index (χ3v) is 14.3. The van der Waals surface area contributed by atoms with Crippen molar-refractivity contribution in [3.05, 3.63) is 119 Å². The number of phenols is 1. The predicted octanol–water partition coefficient (Wildman–Crippen LogP) is 12.1. The Morgan fingerprint density at radius 3 is 2.12 bits per heavy atom. The second kappa shape index (κ2) is 21.3. The summed E-state index contributed by atoms with van der Waals surface area (Å²) >= 11 is 0. The fourth-order valence-electron chi connectivity index (χ4n) is 7.73. The third-order valence-electron chi connectivity index (χ3n) is 12.4. The topological polar surface area (TPSA) is 211 Å². The van der Waals surface area contributed by atoms with E-state index in [2.05, 4.69) is 84.7 Å². The van der Waals surface area contributed by atoms with Crippen LogP contribution in [0.25, 0.3) is 21.5 Å². The highest BCUT2D eigenvalue weighted by Crippen LogP contribution is 2.42. The van der Waals surface area contributed by atoms with Gasteiger partial charge in [-0.1, -0.05) is 96.1 Å². The van der Waals surface area contributed by atoms with Crippen molar-refractivity contribution in [1.82, 2.24) is 5.32 Å². The van der Waals surface area contributed by atoms with Crippen molar-refractivity contribution in [2.24, 2.45) is 10.2 Å². The number of fused-ring (bicyclic) bond motifs is 2. The zero-order valence-electron chi connectivity index (χ0n) is 40.5. The molecule has 1 amide bonds. The summed E-state index contributed by atoms with van der Waals surface area (Å²) in [6.45, 7) is 17.3. The van der Waals surface area contributed by atoms with Crippen LogP contribution in [0, 0.1) is 6.92 Å². The molecule has 6 aromatic carbocycles. The summed E-state index contributed by atoms with van der Waals surface area (Å²) in [5, 5.41) is 24.3. The van der Waals surface area contributed by atoms with Crippen LogP contribution in [0.2, 0.25) is 0 Å². The Morgan fingerprint density at radius 1 is 0.739 bits per heavy atom. The largest absolute Gasteiger partial charge is 0.513 e. The molecule has 0 atom stereocenters. The average molecular weight is 980 g/mol. The predicted molar refractivity (Wildman–Crippen MR) is 272 cm³/mol. The molecule has 0 bridgehead atoms. The maximum absolute atomic E-state index is 14.2. The van der Waals surface area contributed by atoms with Gasteiger partial charge in [0, 0.05) is 33.7 Å². The first-order chi connectivity index (χ1) is 32.6. The van der Waals surface area contributed by atoms with Gasteiger partial charge in [-0.2, -0.15) is 5.11 Å². The van der Waals surface area contributed by atoms with Gasteiger partial charge in [0.2, 0.25) is 10.0 Å². The second-order valence-electron chi connectivity index (χ2n) is 18.0. The zero-order chi connectivity index (χ0) is 50.3. The molecule has 69 heavy (non-hydrogen) atoms. The highest BCUT2D eigenvalue weighted by Gasteiger charge is 2.28. The molecule has 0 saturated heterocycles. The monoisotopic (exact) mass is 979 g/mol. The van der Waals surface area contributed by atoms with Crippen LogP contribution in [0.3, 0.4) is 0 Å². The van der Waals surface area contributed by atoms with Gasteiger partial charge in [0.05, 0.1) is 52.7 Å². The lowest BCUT2D eigenvalue weighted by molar-refractivity contribution is 0.0948. The summed E-state index contributed by atoms with van der Waals surface area (Å²) in [5.41, 5.74) is 3.08. The molecule has 0 aliphatic carbocycles. The van der Waals surface area contributed by atoms with Gasteiger partial charge >= 0.3 is 6.16 Å². The highest BCUT2D eigenvalue weighted by atomic mass is 32.2. The van der Waals surface area contributed by atoms with Gasteiger partial charge in [0.25, 0.3) is 15.9 Å². The molecule has 6 rings (SSSR count). The first-order valence-corrected chi connectivity index (χ1v) is 26.2. The Labute approximate surface area is 404 Å². The molecular weight excluding hydrogens is 919 g/mol. The summed E-state index contributed by atoms with van der Waals surface area (Å²) in [4.78, 5) is 25.9. The van der Waals surface area contributed by atoms with E-state index in [1.165, 1.54) is 53.6 Å². The smallest absolute Gasteiger partial charge is 0.506 e. The van der Waals surface area contributed by atoms with Gasteiger partial charge < -0.3 is 24.6 Å². The van der Waals surface area contributed by atoms with Gasteiger partial charge in [0.1, 0.15) is 17.2 Å². The lowest BCUT2D eigenvalue weighted by Gasteiger charge is -2.30. The second-order valence-corrected chi connectivity index (χ2v) is 21.5. The summed E-state index contributed by atoms with van der Waals surface area (Å²) < 4.78 is 74.7. The Bertz CT molecular complexity index is 3150. The number of benzene rings is 6. The van der Waals surface area contributed by atoms with Gasteiger partial charge in [-0.05, 0) is 104 Å². The number of rotatable bonds is 20. The molecule has 0 radical (unpaired) electrons. The third kappa shape index (κ3) is 12.1. The van der Waals surface area contributed by atoms with Gasteiger partial charge in [-0.25, -0.2) is 21.6 Å². The minimum atomic E-state index is -4.36. The van der Waals surface area contributed by atoms with Crippen LogP contribution in [-0.2, 0) is 35.6 Å². The number of nitrogens with zero attached hydrogens (tertiary/aromatic N) is 2. The number of hydrogen-bond donors (Lipinski definition) is 4. The lowest BCUT2D eigenvalue weighted by Crippen LogP contribution is -2.26. The standard InChI is InChI=1S/C52H61N5O10S2/c1-10-51(5,6)34-25-27-44(40(31-34)52(7,8)11-2)66-30-16-15-29-53-49(59)45-33(4)47(37-21-13-14-22-38(37)48(45)58)57-69(63,64)36-20-17-19-35(32-36)54-55-41-26-28-43(67-50(60)65-12-3)39-23-18-24-42(46(39)41)56-68(9,61)62/h13-14,17-28,31-32,56-58H,10-12,15-16,29-30H2,1-9H3,(H,53,59). The Hall–Kier alpha value is -6.72. The minimum absolute atomic E-state index is 0.0363. The molecule has 0 spiro atoms. The van der Waals surface area contributed by atoms with Crippen LogP contribution in [0.4, 0.5) is 27.5 Å². The molecular formula is C52H61N5O10S2. The van der Waals surface area contributed by atoms with E-state index in [1.54, 1.807) is 50.2 Å². The molecule has 17 heteroatoms. The number of amides is 1. The van der Waals surface area contributed by atoms with E-state index in [0.717, 1.165) is 24.8 Å². The Balaban J connectivity index is 1.21. The number of carbonyl (C=O) groups is 2. The molecule has 6 aromatic rings. The van der Waals surface area contributed by atoms with Crippen LogP contribution in [0.5, 0.6) is 17.2 Å². The SMILES string of the molecule is CCOC(=O)Oc1ccc(N=Nc2cccc(S(=O)(=O)Nc3c(C)c(C(=O)NCCCCOc4ccc(C(C)(C)CC)cc4C(C)(C)CC)c(O)c4ccccc34)c2)c2c(NS(C)(=O)=O)cccc12. The molecule has 0 saturated carbocycles. The number of nitrogens with one attached hydrogen (secondary N) is 3. The summed E-state index contributed by atoms with van der Waals surface area (Å²) in [5.74, 6) is 0.0853. The van der Waals surface area contributed by atoms with E-state index < -0.39 is 32.1 Å². The number of carbonyl (C=O) groups excluding carboxylic acids is 2. The van der Waals surface area contributed by atoms with E-state index in [0.29, 0.717) is 30.2 Å². The first kappa shape index (κ1) is 51.7. The summed E-state index contributed by atoms with van der Waals surface area (Å²) in [6.07, 6.45) is 3.23. The molecule has 0 fully saturated rings. The Kier molecular flexibility index (Phi) is 15.9. The molecule has 0 heterocycles. The van der Waals surface area contributed by atoms with Crippen molar-refractivity contribution in [3.8, 4) is 17.2 Å². The number of hydrogen-bond acceptors (Lipinski definition) is 12. The van der Waals surface area contributed by atoms with Crippen LogP contribution in [0.15, 0.2) is 112 Å². The van der Waals surface area contributed by atoms with Crippen molar-refractivity contribution in [1.29, 1.82) is 0 Å². The number of aromatic hydroxyl groups is 1. The van der Waals surface area contributed by atoms with Crippen molar-refractivity contribution in [2.75, 3.05) is 35.5 Å². The van der Waals surface area contributed by atoms with Crippen molar-refractivity contribution in [2.45, 2.75) is 96.8 Å². The average Bonchev–Trinajstić information content (AvgIpc) is 3.31. The van der Waals surface area contributed by atoms with Gasteiger partial charge in [-0.3, -0.25) is 14.2 Å². The van der Waals surface area contributed by atoms with Crippen molar-refractivity contribution >= 4 is 76.4 Å². The van der Waals surface area contributed by atoms with Gasteiger partial charge in [-0.15, -0.1) is 5.11 Å².